The van der Waals surface area contributed by atoms with Gasteiger partial charge in [0.2, 0.25) is 10.0 Å². The van der Waals surface area contributed by atoms with Crippen molar-refractivity contribution in [3.05, 3.63) is 53.9 Å². The van der Waals surface area contributed by atoms with Gasteiger partial charge in [-0.15, -0.1) is 0 Å². The second kappa shape index (κ2) is 5.60. The predicted octanol–water partition coefficient (Wildman–Crippen LogP) is 2.01. The SMILES string of the molecule is Cc1c(N)cccc1S(=O)(=O)NC(C)c1cccnc1. The van der Waals surface area contributed by atoms with Crippen LogP contribution in [0.15, 0.2) is 47.6 Å². The quantitative estimate of drug-likeness (QED) is 0.844. The lowest BCUT2D eigenvalue weighted by Crippen LogP contribution is -2.27. The number of anilines is 1. The first-order valence-corrected chi connectivity index (χ1v) is 7.67. The van der Waals surface area contributed by atoms with Crippen molar-refractivity contribution in [1.29, 1.82) is 0 Å². The second-order valence-electron chi connectivity index (χ2n) is 4.60. The maximum Gasteiger partial charge on any atom is 0.241 e. The summed E-state index contributed by atoms with van der Waals surface area (Å²) in [5.41, 5.74) is 7.57. The number of nitrogens with two attached hydrogens (primary N) is 1. The van der Waals surface area contributed by atoms with Gasteiger partial charge in [0.25, 0.3) is 0 Å². The van der Waals surface area contributed by atoms with Gasteiger partial charge in [0, 0.05) is 24.1 Å². The Kier molecular flexibility index (Phi) is 4.06. The lowest BCUT2D eigenvalue weighted by molar-refractivity contribution is 0.566. The first-order chi connectivity index (χ1) is 9.42. The Bertz CT molecular complexity index is 700. The fourth-order valence-corrected chi connectivity index (χ4v) is 3.43. The van der Waals surface area contributed by atoms with E-state index in [0.717, 1.165) is 5.56 Å². The molecule has 0 aliphatic heterocycles. The molecule has 3 N–H and O–H groups in total. The molecule has 0 aliphatic carbocycles. The molecule has 2 aromatic rings. The van der Waals surface area contributed by atoms with Crippen LogP contribution >= 0.6 is 0 Å². The third-order valence-corrected chi connectivity index (χ3v) is 4.82. The van der Waals surface area contributed by atoms with Crippen LogP contribution < -0.4 is 10.5 Å². The van der Waals surface area contributed by atoms with E-state index in [1.54, 1.807) is 50.5 Å². The molecular formula is C14H17N3O2S. The van der Waals surface area contributed by atoms with Crippen LogP contribution in [-0.2, 0) is 10.0 Å². The van der Waals surface area contributed by atoms with Crippen LogP contribution in [0, 0.1) is 6.92 Å². The predicted molar refractivity (Wildman–Crippen MR) is 78.6 cm³/mol. The number of pyridine rings is 1. The number of sulfonamides is 1. The minimum absolute atomic E-state index is 0.202. The van der Waals surface area contributed by atoms with Crippen molar-refractivity contribution in [3.8, 4) is 0 Å². The highest BCUT2D eigenvalue weighted by molar-refractivity contribution is 7.89. The van der Waals surface area contributed by atoms with Crippen LogP contribution in [0.1, 0.15) is 24.1 Å². The van der Waals surface area contributed by atoms with Crippen LogP contribution in [0.5, 0.6) is 0 Å². The number of nitrogen functional groups attached to an aromatic ring is 1. The molecule has 1 heterocycles. The summed E-state index contributed by atoms with van der Waals surface area (Å²) in [7, 11) is -3.62. The maximum absolute atomic E-state index is 12.4. The van der Waals surface area contributed by atoms with E-state index < -0.39 is 10.0 Å². The van der Waals surface area contributed by atoms with E-state index in [2.05, 4.69) is 9.71 Å². The molecule has 0 saturated heterocycles. The fraction of sp³-hybridized carbons (Fsp3) is 0.214. The summed E-state index contributed by atoms with van der Waals surface area (Å²) in [5, 5.41) is 0. The fourth-order valence-electron chi connectivity index (χ4n) is 1.92. The third-order valence-electron chi connectivity index (χ3n) is 3.13. The molecule has 0 radical (unpaired) electrons. The molecule has 5 nitrogen and oxygen atoms in total. The molecule has 1 atom stereocenters. The Balaban J connectivity index is 2.30. The van der Waals surface area contributed by atoms with Gasteiger partial charge in [-0.2, -0.15) is 0 Å². The van der Waals surface area contributed by atoms with Gasteiger partial charge in [-0.05, 0) is 43.2 Å². The van der Waals surface area contributed by atoms with E-state index in [4.69, 9.17) is 5.73 Å². The first-order valence-electron chi connectivity index (χ1n) is 6.19. The Labute approximate surface area is 118 Å². The molecule has 0 aliphatic rings. The molecule has 6 heteroatoms. The highest BCUT2D eigenvalue weighted by atomic mass is 32.2. The maximum atomic E-state index is 12.4. The largest absolute Gasteiger partial charge is 0.398 e. The Morgan fingerprint density at radius 2 is 2.00 bits per heavy atom. The highest BCUT2D eigenvalue weighted by Gasteiger charge is 2.21. The van der Waals surface area contributed by atoms with Gasteiger partial charge in [-0.3, -0.25) is 4.98 Å². The lowest BCUT2D eigenvalue weighted by atomic mass is 10.2. The van der Waals surface area contributed by atoms with Crippen LogP contribution in [-0.4, -0.2) is 13.4 Å². The highest BCUT2D eigenvalue weighted by Crippen LogP contribution is 2.22. The Hall–Kier alpha value is -1.92. The molecule has 1 aromatic carbocycles. The summed E-state index contributed by atoms with van der Waals surface area (Å²) < 4.78 is 27.4. The number of nitrogens with zero attached hydrogens (tertiary/aromatic N) is 1. The standard InChI is InChI=1S/C14H17N3O2S/c1-10-13(15)6-3-7-14(10)20(18,19)17-11(2)12-5-4-8-16-9-12/h3-9,11,17H,15H2,1-2H3. The lowest BCUT2D eigenvalue weighted by Gasteiger charge is -2.16. The Morgan fingerprint density at radius 1 is 1.25 bits per heavy atom. The monoisotopic (exact) mass is 291 g/mol. The molecule has 2 rings (SSSR count). The zero-order valence-corrected chi connectivity index (χ0v) is 12.2. The van der Waals surface area contributed by atoms with E-state index >= 15 is 0 Å². The summed E-state index contributed by atoms with van der Waals surface area (Å²) in [5.74, 6) is 0. The number of rotatable bonds is 4. The molecule has 0 spiro atoms. The number of hydrogen-bond donors (Lipinski definition) is 2. The van der Waals surface area contributed by atoms with Gasteiger partial charge in [-0.25, -0.2) is 13.1 Å². The molecule has 0 fully saturated rings. The molecule has 106 valence electrons. The third kappa shape index (κ3) is 2.97. The zero-order chi connectivity index (χ0) is 14.8. The van der Waals surface area contributed by atoms with Gasteiger partial charge in [0.1, 0.15) is 0 Å². The summed E-state index contributed by atoms with van der Waals surface area (Å²) in [6, 6.07) is 8.09. The minimum Gasteiger partial charge on any atom is -0.398 e. The number of benzene rings is 1. The molecular weight excluding hydrogens is 274 g/mol. The summed E-state index contributed by atoms with van der Waals surface area (Å²) in [4.78, 5) is 4.19. The van der Waals surface area contributed by atoms with E-state index in [1.807, 2.05) is 6.07 Å². The molecule has 1 aromatic heterocycles. The second-order valence-corrected chi connectivity index (χ2v) is 6.28. The van der Waals surface area contributed by atoms with Crippen molar-refractivity contribution in [2.45, 2.75) is 24.8 Å². The number of hydrogen-bond acceptors (Lipinski definition) is 4. The van der Waals surface area contributed by atoms with E-state index in [9.17, 15) is 8.42 Å². The van der Waals surface area contributed by atoms with Gasteiger partial charge in [-0.1, -0.05) is 12.1 Å². The van der Waals surface area contributed by atoms with Crippen LogP contribution in [0.3, 0.4) is 0 Å². The molecule has 20 heavy (non-hydrogen) atoms. The van der Waals surface area contributed by atoms with Crippen molar-refractivity contribution in [2.24, 2.45) is 0 Å². The van der Waals surface area contributed by atoms with Crippen molar-refractivity contribution in [2.75, 3.05) is 5.73 Å². The molecule has 1 unspecified atom stereocenters. The van der Waals surface area contributed by atoms with E-state index in [-0.39, 0.29) is 10.9 Å². The average molecular weight is 291 g/mol. The van der Waals surface area contributed by atoms with Crippen LogP contribution in [0.25, 0.3) is 0 Å². The molecule has 0 amide bonds. The van der Waals surface area contributed by atoms with Gasteiger partial charge >= 0.3 is 0 Å². The normalized spacial score (nSPS) is 13.1. The molecule has 0 bridgehead atoms. The Morgan fingerprint density at radius 3 is 2.65 bits per heavy atom. The van der Waals surface area contributed by atoms with Crippen molar-refractivity contribution in [3.63, 3.8) is 0 Å². The van der Waals surface area contributed by atoms with Gasteiger partial charge < -0.3 is 5.73 Å². The van der Waals surface area contributed by atoms with Crippen molar-refractivity contribution >= 4 is 15.7 Å². The van der Waals surface area contributed by atoms with Gasteiger partial charge in [0.15, 0.2) is 0 Å². The van der Waals surface area contributed by atoms with Gasteiger partial charge in [0.05, 0.1) is 4.90 Å². The molecule has 0 saturated carbocycles. The van der Waals surface area contributed by atoms with Crippen molar-refractivity contribution < 1.29 is 8.42 Å². The first kappa shape index (κ1) is 14.5. The number of nitrogens with one attached hydrogen (secondary N) is 1. The van der Waals surface area contributed by atoms with E-state index in [1.165, 1.54) is 0 Å². The van der Waals surface area contributed by atoms with Crippen LogP contribution in [0.4, 0.5) is 5.69 Å². The summed E-state index contributed by atoms with van der Waals surface area (Å²) >= 11 is 0. The smallest absolute Gasteiger partial charge is 0.241 e. The summed E-state index contributed by atoms with van der Waals surface area (Å²) in [6.45, 7) is 3.47. The van der Waals surface area contributed by atoms with E-state index in [0.29, 0.717) is 11.3 Å². The zero-order valence-electron chi connectivity index (χ0n) is 11.4. The average Bonchev–Trinajstić information content (AvgIpc) is 2.42. The number of aromatic nitrogens is 1. The minimum atomic E-state index is -3.62. The van der Waals surface area contributed by atoms with Crippen molar-refractivity contribution in [1.82, 2.24) is 9.71 Å². The summed E-state index contributed by atoms with van der Waals surface area (Å²) in [6.07, 6.45) is 3.28. The van der Waals surface area contributed by atoms with Crippen LogP contribution in [0.2, 0.25) is 0 Å². The topological polar surface area (TPSA) is 85.1 Å².